The van der Waals surface area contributed by atoms with Crippen LogP contribution >= 0.6 is 0 Å². The Balaban J connectivity index is 3.37. The highest BCUT2D eigenvalue weighted by molar-refractivity contribution is 5.75. The number of hydroxylamine groups is 1. The van der Waals surface area contributed by atoms with Crippen molar-refractivity contribution in [2.24, 2.45) is 5.73 Å². The lowest BCUT2D eigenvalue weighted by molar-refractivity contribution is -0.138. The van der Waals surface area contributed by atoms with Gasteiger partial charge in [0.2, 0.25) is 5.96 Å². The predicted octanol–water partition coefficient (Wildman–Crippen LogP) is -1.15. The van der Waals surface area contributed by atoms with Gasteiger partial charge in [-0.3, -0.25) is 15.0 Å². The minimum absolute atomic E-state index is 0.0383. The summed E-state index contributed by atoms with van der Waals surface area (Å²) in [7, 11) is 1.40. The van der Waals surface area contributed by atoms with E-state index in [1.165, 1.54) is 7.11 Å². The molecule has 0 rings (SSSR count). The Morgan fingerprint density at radius 3 is 2.86 bits per heavy atom. The summed E-state index contributed by atoms with van der Waals surface area (Å²) in [6, 6.07) is -0.832. The van der Waals surface area contributed by atoms with Gasteiger partial charge in [0.15, 0.2) is 0 Å². The van der Waals surface area contributed by atoms with Crippen molar-refractivity contribution in [3.8, 4) is 0 Å². The maximum atomic E-state index is 10.3. The fourth-order valence-electron chi connectivity index (χ4n) is 0.797. The van der Waals surface area contributed by atoms with Gasteiger partial charge in [-0.1, -0.05) is 0 Å². The Hall–Kier alpha value is -1.34. The first-order valence-electron chi connectivity index (χ1n) is 4.17. The number of rotatable bonds is 6. The maximum absolute atomic E-state index is 10.3. The Labute approximate surface area is 82.1 Å². The van der Waals surface area contributed by atoms with Gasteiger partial charge >= 0.3 is 5.97 Å². The van der Waals surface area contributed by atoms with E-state index in [0.29, 0.717) is 19.4 Å². The lowest BCUT2D eigenvalue weighted by Crippen LogP contribution is -2.37. The second-order valence-electron chi connectivity index (χ2n) is 2.69. The molecule has 0 unspecified atom stereocenters. The number of hydrogen-bond acceptors (Lipinski definition) is 4. The average molecular weight is 204 g/mol. The third-order valence-corrected chi connectivity index (χ3v) is 1.52. The number of carbonyl (C=O) groups is 1. The van der Waals surface area contributed by atoms with E-state index in [4.69, 9.17) is 16.2 Å². The van der Waals surface area contributed by atoms with Gasteiger partial charge in [-0.15, -0.1) is 0 Å². The van der Waals surface area contributed by atoms with Gasteiger partial charge < -0.3 is 16.2 Å². The molecule has 0 bridgehead atoms. The van der Waals surface area contributed by atoms with Crippen LogP contribution in [0.1, 0.15) is 12.8 Å². The number of hydrogen-bond donors (Lipinski definition) is 5. The summed E-state index contributed by atoms with van der Waals surface area (Å²) in [4.78, 5) is 14.8. The van der Waals surface area contributed by atoms with Crippen LogP contribution in [0.5, 0.6) is 0 Å². The molecule has 0 amide bonds. The minimum Gasteiger partial charge on any atom is -0.480 e. The first-order valence-corrected chi connectivity index (χ1v) is 4.17. The van der Waals surface area contributed by atoms with Crippen LogP contribution in [-0.4, -0.2) is 36.7 Å². The van der Waals surface area contributed by atoms with Gasteiger partial charge in [0.25, 0.3) is 0 Å². The highest BCUT2D eigenvalue weighted by atomic mass is 16.6. The molecule has 0 aliphatic heterocycles. The van der Waals surface area contributed by atoms with Crippen molar-refractivity contribution in [2.45, 2.75) is 18.9 Å². The van der Waals surface area contributed by atoms with Crippen LogP contribution in [0, 0.1) is 5.41 Å². The second kappa shape index (κ2) is 7.10. The Kier molecular flexibility index (Phi) is 6.42. The van der Waals surface area contributed by atoms with Crippen LogP contribution in [0.3, 0.4) is 0 Å². The van der Waals surface area contributed by atoms with Gasteiger partial charge in [0, 0.05) is 6.54 Å². The van der Waals surface area contributed by atoms with Crippen molar-refractivity contribution < 1.29 is 14.7 Å². The molecule has 14 heavy (non-hydrogen) atoms. The smallest absolute Gasteiger partial charge is 0.320 e. The average Bonchev–Trinajstić information content (AvgIpc) is 2.12. The van der Waals surface area contributed by atoms with Crippen molar-refractivity contribution in [3.63, 3.8) is 0 Å². The molecule has 0 aromatic heterocycles. The lowest BCUT2D eigenvalue weighted by atomic mass is 10.2. The Morgan fingerprint density at radius 1 is 1.71 bits per heavy atom. The molecule has 1 atom stereocenters. The Morgan fingerprint density at radius 2 is 2.36 bits per heavy atom. The van der Waals surface area contributed by atoms with Crippen LogP contribution in [0.4, 0.5) is 0 Å². The molecule has 82 valence electrons. The van der Waals surface area contributed by atoms with Crippen molar-refractivity contribution in [1.82, 2.24) is 10.8 Å². The number of nitrogens with two attached hydrogens (primary N) is 1. The van der Waals surface area contributed by atoms with E-state index in [1.54, 1.807) is 0 Å². The standard InChI is InChI=1S/C7H16N4O3/c1-14-11-7(9)10-4-2-3-5(8)6(12)13/h5H,2-4,8H2,1H3,(H,12,13)(H3,9,10,11)/t5-/m0/s1. The largest absolute Gasteiger partial charge is 0.480 e. The molecule has 0 aromatic rings. The SMILES string of the molecule is CONC(=N)NCCC[C@H](N)C(=O)O. The molecule has 0 radical (unpaired) electrons. The van der Waals surface area contributed by atoms with Gasteiger partial charge in [0.05, 0.1) is 7.11 Å². The zero-order valence-electron chi connectivity index (χ0n) is 8.04. The van der Waals surface area contributed by atoms with E-state index < -0.39 is 12.0 Å². The highest BCUT2D eigenvalue weighted by Gasteiger charge is 2.09. The summed E-state index contributed by atoms with van der Waals surface area (Å²) in [5, 5.41) is 18.3. The highest BCUT2D eigenvalue weighted by Crippen LogP contribution is 1.92. The summed E-state index contributed by atoms with van der Waals surface area (Å²) >= 11 is 0. The van der Waals surface area contributed by atoms with Crippen LogP contribution in [-0.2, 0) is 9.63 Å². The monoisotopic (exact) mass is 204 g/mol. The van der Waals surface area contributed by atoms with E-state index in [9.17, 15) is 4.79 Å². The number of nitrogens with one attached hydrogen (secondary N) is 3. The minimum atomic E-state index is -1.00. The lowest BCUT2D eigenvalue weighted by Gasteiger charge is -2.09. The van der Waals surface area contributed by atoms with Crippen molar-refractivity contribution in [2.75, 3.05) is 13.7 Å². The molecule has 0 saturated carbocycles. The molecule has 7 heteroatoms. The van der Waals surface area contributed by atoms with E-state index in [2.05, 4.69) is 15.6 Å². The zero-order valence-corrected chi connectivity index (χ0v) is 8.04. The molecular formula is C7H16N4O3. The normalized spacial score (nSPS) is 11.9. The van der Waals surface area contributed by atoms with Crippen LogP contribution < -0.4 is 16.5 Å². The third-order valence-electron chi connectivity index (χ3n) is 1.52. The van der Waals surface area contributed by atoms with Crippen molar-refractivity contribution >= 4 is 11.9 Å². The van der Waals surface area contributed by atoms with E-state index in [1.807, 2.05) is 0 Å². The molecule has 0 aromatic carbocycles. The summed E-state index contributed by atoms with van der Waals surface area (Å²) in [5.74, 6) is -0.966. The van der Waals surface area contributed by atoms with E-state index in [0.717, 1.165) is 0 Å². The van der Waals surface area contributed by atoms with Crippen molar-refractivity contribution in [3.05, 3.63) is 0 Å². The fourth-order valence-corrected chi connectivity index (χ4v) is 0.797. The fraction of sp³-hybridized carbons (Fsp3) is 0.714. The molecule has 0 heterocycles. The van der Waals surface area contributed by atoms with Crippen LogP contribution in [0.15, 0.2) is 0 Å². The van der Waals surface area contributed by atoms with Gasteiger partial charge in [-0.2, -0.15) is 0 Å². The third kappa shape index (κ3) is 6.21. The summed E-state index contributed by atoms with van der Waals surface area (Å²) in [5.41, 5.74) is 7.55. The number of aliphatic carboxylic acids is 1. The maximum Gasteiger partial charge on any atom is 0.320 e. The summed E-state index contributed by atoms with van der Waals surface area (Å²) in [6.07, 6.45) is 0.962. The molecule has 6 N–H and O–H groups in total. The quantitative estimate of drug-likeness (QED) is 0.161. The summed E-state index contributed by atoms with van der Waals surface area (Å²) < 4.78 is 0. The second-order valence-corrected chi connectivity index (χ2v) is 2.69. The van der Waals surface area contributed by atoms with Crippen molar-refractivity contribution in [1.29, 1.82) is 5.41 Å². The summed E-state index contributed by atoms with van der Waals surface area (Å²) in [6.45, 7) is 0.482. The topological polar surface area (TPSA) is 120 Å². The van der Waals surface area contributed by atoms with Gasteiger partial charge in [-0.25, -0.2) is 5.48 Å². The number of carboxylic acids is 1. The molecule has 0 spiro atoms. The van der Waals surface area contributed by atoms with Crippen LogP contribution in [0.2, 0.25) is 0 Å². The number of guanidine groups is 1. The van der Waals surface area contributed by atoms with Gasteiger partial charge in [-0.05, 0) is 12.8 Å². The molecular weight excluding hydrogens is 188 g/mol. The van der Waals surface area contributed by atoms with E-state index in [-0.39, 0.29) is 5.96 Å². The van der Waals surface area contributed by atoms with Crippen LogP contribution in [0.25, 0.3) is 0 Å². The van der Waals surface area contributed by atoms with Gasteiger partial charge in [0.1, 0.15) is 6.04 Å². The first kappa shape index (κ1) is 12.7. The zero-order chi connectivity index (χ0) is 11.0. The Bertz CT molecular complexity index is 197. The molecule has 0 aliphatic rings. The molecule has 0 fully saturated rings. The first-order chi connectivity index (χ1) is 6.57. The predicted molar refractivity (Wildman–Crippen MR) is 50.7 cm³/mol. The van der Waals surface area contributed by atoms with E-state index >= 15 is 0 Å². The molecule has 0 aliphatic carbocycles. The molecule has 0 saturated heterocycles. The molecule has 7 nitrogen and oxygen atoms in total. The number of carboxylic acid groups (broad SMARTS) is 1.